The van der Waals surface area contributed by atoms with Gasteiger partial charge in [0.15, 0.2) is 11.5 Å². The summed E-state index contributed by atoms with van der Waals surface area (Å²) in [4.78, 5) is 0. The highest BCUT2D eigenvalue weighted by Crippen LogP contribution is 2.38. The molecule has 0 aliphatic carbocycles. The molecule has 0 bridgehead atoms. The van der Waals surface area contributed by atoms with Crippen LogP contribution in [0.3, 0.4) is 0 Å². The van der Waals surface area contributed by atoms with Crippen LogP contribution in [0.4, 0.5) is 0 Å². The Balaban J connectivity index is 1.93. The Morgan fingerprint density at radius 1 is 1.19 bits per heavy atom. The third-order valence-corrected chi connectivity index (χ3v) is 3.06. The van der Waals surface area contributed by atoms with Gasteiger partial charge in [0.1, 0.15) is 12.4 Å². The number of hydrogen-bond acceptors (Lipinski definition) is 5. The predicted octanol–water partition coefficient (Wildman–Crippen LogP) is 2.58. The van der Waals surface area contributed by atoms with E-state index in [1.807, 2.05) is 12.1 Å². The van der Waals surface area contributed by atoms with Crippen molar-refractivity contribution in [2.45, 2.75) is 27.3 Å². The summed E-state index contributed by atoms with van der Waals surface area (Å²) in [6, 6.07) is 3.88. The lowest BCUT2D eigenvalue weighted by molar-refractivity contribution is 0.0815. The van der Waals surface area contributed by atoms with E-state index in [0.29, 0.717) is 19.1 Å². The fourth-order valence-corrected chi connectivity index (χ4v) is 2.03. The standard InChI is InChI=1S/C16H25NO4/c1-4-17-9-13-7-15-16(21-11-20-15)8-14(13)19-6-5-18-10-12(2)3/h7-8,12,17H,4-6,9-11H2,1-3H3. The van der Waals surface area contributed by atoms with Gasteiger partial charge in [-0.2, -0.15) is 0 Å². The molecule has 5 nitrogen and oxygen atoms in total. The quantitative estimate of drug-likeness (QED) is 0.710. The van der Waals surface area contributed by atoms with Crippen LogP contribution in [0.5, 0.6) is 17.2 Å². The van der Waals surface area contributed by atoms with Crippen molar-refractivity contribution in [2.75, 3.05) is 33.2 Å². The fraction of sp³-hybridized carbons (Fsp3) is 0.625. The smallest absolute Gasteiger partial charge is 0.231 e. The van der Waals surface area contributed by atoms with Gasteiger partial charge in [0.05, 0.1) is 6.61 Å². The van der Waals surface area contributed by atoms with Crippen molar-refractivity contribution in [3.05, 3.63) is 17.7 Å². The normalized spacial score (nSPS) is 13.0. The Labute approximate surface area is 126 Å². The summed E-state index contributed by atoms with van der Waals surface area (Å²) < 4.78 is 22.2. The van der Waals surface area contributed by atoms with Crippen LogP contribution in [-0.4, -0.2) is 33.2 Å². The van der Waals surface area contributed by atoms with Crippen molar-refractivity contribution in [3.63, 3.8) is 0 Å². The van der Waals surface area contributed by atoms with E-state index in [-0.39, 0.29) is 6.79 Å². The van der Waals surface area contributed by atoms with Gasteiger partial charge in [-0.05, 0) is 18.5 Å². The maximum Gasteiger partial charge on any atom is 0.231 e. The first-order valence-electron chi connectivity index (χ1n) is 7.54. The monoisotopic (exact) mass is 295 g/mol. The topological polar surface area (TPSA) is 49.0 Å². The first kappa shape index (κ1) is 15.9. The van der Waals surface area contributed by atoms with Gasteiger partial charge in [0.2, 0.25) is 6.79 Å². The third-order valence-electron chi connectivity index (χ3n) is 3.06. The second-order valence-electron chi connectivity index (χ2n) is 5.41. The summed E-state index contributed by atoms with van der Waals surface area (Å²) in [5.41, 5.74) is 1.07. The largest absolute Gasteiger partial charge is 0.491 e. The second-order valence-corrected chi connectivity index (χ2v) is 5.41. The van der Waals surface area contributed by atoms with Gasteiger partial charge in [-0.25, -0.2) is 0 Å². The minimum Gasteiger partial charge on any atom is -0.491 e. The minimum absolute atomic E-state index is 0.275. The summed E-state index contributed by atoms with van der Waals surface area (Å²) in [7, 11) is 0. The molecule has 0 fully saturated rings. The van der Waals surface area contributed by atoms with E-state index in [4.69, 9.17) is 18.9 Å². The van der Waals surface area contributed by atoms with Gasteiger partial charge < -0.3 is 24.3 Å². The molecule has 0 radical (unpaired) electrons. The van der Waals surface area contributed by atoms with Crippen LogP contribution in [0.15, 0.2) is 12.1 Å². The lowest BCUT2D eigenvalue weighted by Crippen LogP contribution is -2.14. The molecule has 0 spiro atoms. The SMILES string of the molecule is CCNCc1cc2c(cc1OCCOCC(C)C)OCO2. The summed E-state index contributed by atoms with van der Waals surface area (Å²) in [5, 5.41) is 3.31. The second kappa shape index (κ2) is 8.10. The zero-order valence-electron chi connectivity index (χ0n) is 13.1. The van der Waals surface area contributed by atoms with E-state index in [0.717, 1.165) is 42.5 Å². The van der Waals surface area contributed by atoms with E-state index in [2.05, 4.69) is 26.1 Å². The van der Waals surface area contributed by atoms with E-state index in [1.54, 1.807) is 0 Å². The Morgan fingerprint density at radius 3 is 2.67 bits per heavy atom. The summed E-state index contributed by atoms with van der Waals surface area (Å²) >= 11 is 0. The van der Waals surface area contributed by atoms with Crippen LogP contribution >= 0.6 is 0 Å². The van der Waals surface area contributed by atoms with E-state index < -0.39 is 0 Å². The number of benzene rings is 1. The molecule has 1 N–H and O–H groups in total. The van der Waals surface area contributed by atoms with E-state index in [9.17, 15) is 0 Å². The van der Waals surface area contributed by atoms with Crippen molar-refractivity contribution in [1.82, 2.24) is 5.32 Å². The molecule has 1 aliphatic heterocycles. The third kappa shape index (κ3) is 4.79. The van der Waals surface area contributed by atoms with Crippen LogP contribution in [0.2, 0.25) is 0 Å². The summed E-state index contributed by atoms with van der Waals surface area (Å²) in [6.07, 6.45) is 0. The van der Waals surface area contributed by atoms with Crippen molar-refractivity contribution in [2.24, 2.45) is 5.92 Å². The van der Waals surface area contributed by atoms with Crippen LogP contribution in [0.1, 0.15) is 26.3 Å². The van der Waals surface area contributed by atoms with Crippen LogP contribution in [0, 0.1) is 5.92 Å². The molecule has 2 rings (SSSR count). The molecular weight excluding hydrogens is 270 g/mol. The van der Waals surface area contributed by atoms with Gasteiger partial charge in [-0.1, -0.05) is 20.8 Å². The van der Waals surface area contributed by atoms with Crippen molar-refractivity contribution in [1.29, 1.82) is 0 Å². The lowest BCUT2D eigenvalue weighted by atomic mass is 10.1. The van der Waals surface area contributed by atoms with Crippen molar-refractivity contribution in [3.8, 4) is 17.2 Å². The van der Waals surface area contributed by atoms with Crippen molar-refractivity contribution >= 4 is 0 Å². The van der Waals surface area contributed by atoms with E-state index in [1.165, 1.54) is 0 Å². The molecule has 21 heavy (non-hydrogen) atoms. The number of rotatable bonds is 9. The molecule has 0 atom stereocenters. The van der Waals surface area contributed by atoms with Crippen molar-refractivity contribution < 1.29 is 18.9 Å². The Morgan fingerprint density at radius 2 is 1.95 bits per heavy atom. The average molecular weight is 295 g/mol. The lowest BCUT2D eigenvalue weighted by Gasteiger charge is -2.13. The summed E-state index contributed by atoms with van der Waals surface area (Å²) in [6.45, 7) is 10.2. The molecule has 0 saturated heterocycles. The summed E-state index contributed by atoms with van der Waals surface area (Å²) in [5.74, 6) is 2.90. The van der Waals surface area contributed by atoms with Gasteiger partial charge in [-0.3, -0.25) is 0 Å². The highest BCUT2D eigenvalue weighted by atomic mass is 16.7. The fourth-order valence-electron chi connectivity index (χ4n) is 2.03. The molecule has 1 aromatic carbocycles. The molecule has 118 valence electrons. The molecule has 1 aliphatic rings. The van der Waals surface area contributed by atoms with Gasteiger partial charge in [0, 0.05) is 24.8 Å². The van der Waals surface area contributed by atoms with Gasteiger partial charge in [-0.15, -0.1) is 0 Å². The average Bonchev–Trinajstić information content (AvgIpc) is 2.91. The van der Waals surface area contributed by atoms with Gasteiger partial charge >= 0.3 is 0 Å². The molecule has 1 aromatic rings. The maximum absolute atomic E-state index is 5.84. The molecule has 0 amide bonds. The number of fused-ring (bicyclic) bond motifs is 1. The Hall–Kier alpha value is -1.46. The molecule has 0 aromatic heterocycles. The zero-order valence-corrected chi connectivity index (χ0v) is 13.1. The molecule has 0 saturated carbocycles. The predicted molar refractivity (Wildman–Crippen MR) is 81.1 cm³/mol. The zero-order chi connectivity index (χ0) is 15.1. The Kier molecular flexibility index (Phi) is 6.14. The first-order chi connectivity index (χ1) is 10.2. The maximum atomic E-state index is 5.84. The molecular formula is C16H25NO4. The Bertz CT molecular complexity index is 448. The molecule has 0 unspecified atom stereocenters. The van der Waals surface area contributed by atoms with Crippen LogP contribution in [0.25, 0.3) is 0 Å². The van der Waals surface area contributed by atoms with E-state index >= 15 is 0 Å². The van der Waals surface area contributed by atoms with Gasteiger partial charge in [0.25, 0.3) is 0 Å². The van der Waals surface area contributed by atoms with Crippen LogP contribution < -0.4 is 19.5 Å². The number of nitrogens with one attached hydrogen (secondary N) is 1. The number of ether oxygens (including phenoxy) is 4. The first-order valence-corrected chi connectivity index (χ1v) is 7.54. The number of hydrogen-bond donors (Lipinski definition) is 1. The minimum atomic E-state index is 0.275. The highest BCUT2D eigenvalue weighted by Gasteiger charge is 2.17. The molecule has 1 heterocycles. The highest BCUT2D eigenvalue weighted by molar-refractivity contribution is 5.51. The molecule has 5 heteroatoms. The van der Waals surface area contributed by atoms with Crippen LogP contribution in [-0.2, 0) is 11.3 Å².